The number of benzene rings is 2. The summed E-state index contributed by atoms with van der Waals surface area (Å²) < 4.78 is 0. The third-order valence-corrected chi connectivity index (χ3v) is 4.48. The molecule has 0 aromatic heterocycles. The molecule has 0 radical (unpaired) electrons. The zero-order chi connectivity index (χ0) is 21.5. The predicted molar refractivity (Wildman–Crippen MR) is 112 cm³/mol. The van der Waals surface area contributed by atoms with Crippen molar-refractivity contribution in [1.82, 2.24) is 10.2 Å². The average Bonchev–Trinajstić information content (AvgIpc) is 2.97. The van der Waals surface area contributed by atoms with Gasteiger partial charge in [-0.25, -0.2) is 0 Å². The van der Waals surface area contributed by atoms with Crippen molar-refractivity contribution < 1.29 is 19.2 Å². The highest BCUT2D eigenvalue weighted by molar-refractivity contribution is 6.21. The summed E-state index contributed by atoms with van der Waals surface area (Å²) in [5, 5.41) is 5.37. The van der Waals surface area contributed by atoms with Gasteiger partial charge in [-0.2, -0.15) is 0 Å². The van der Waals surface area contributed by atoms with Gasteiger partial charge in [0.1, 0.15) is 0 Å². The molecule has 7 heteroatoms. The van der Waals surface area contributed by atoms with Crippen molar-refractivity contribution in [1.29, 1.82) is 0 Å². The second-order valence-corrected chi connectivity index (χ2v) is 6.75. The maximum absolute atomic E-state index is 12.3. The number of nitrogens with one attached hydrogen (secondary N) is 2. The first-order valence-corrected chi connectivity index (χ1v) is 9.54. The van der Waals surface area contributed by atoms with Gasteiger partial charge in [0.25, 0.3) is 11.8 Å². The van der Waals surface area contributed by atoms with Crippen LogP contribution in [0, 0.1) is 11.8 Å². The Bertz CT molecular complexity index is 1010. The molecule has 1 heterocycles. The standard InChI is InChI=1S/C23H21N3O4/c1-16(27)25-18-12-10-17(11-13-18)6-4-14-24-21(28)9-5-15-26-22(29)19-7-2-3-8-20(19)23(26)30/h2-3,7-8,10-13H,5,9,14-15H2,1H3,(H,24,28)(H,25,27). The van der Waals surface area contributed by atoms with Crippen LogP contribution in [-0.4, -0.2) is 41.6 Å². The highest BCUT2D eigenvalue weighted by atomic mass is 16.2. The van der Waals surface area contributed by atoms with Crippen LogP contribution >= 0.6 is 0 Å². The minimum absolute atomic E-state index is 0.139. The van der Waals surface area contributed by atoms with Gasteiger partial charge in [-0.15, -0.1) is 0 Å². The van der Waals surface area contributed by atoms with Crippen molar-refractivity contribution in [2.75, 3.05) is 18.4 Å². The lowest BCUT2D eigenvalue weighted by molar-refractivity contribution is -0.121. The molecule has 152 valence electrons. The Morgan fingerprint density at radius 1 is 0.967 bits per heavy atom. The van der Waals surface area contributed by atoms with E-state index in [-0.39, 0.29) is 43.1 Å². The van der Waals surface area contributed by atoms with Crippen molar-refractivity contribution in [2.45, 2.75) is 19.8 Å². The van der Waals surface area contributed by atoms with E-state index in [1.807, 2.05) is 0 Å². The topological polar surface area (TPSA) is 95.6 Å². The number of rotatable bonds is 6. The van der Waals surface area contributed by atoms with Crippen LogP contribution in [0.2, 0.25) is 0 Å². The van der Waals surface area contributed by atoms with Crippen LogP contribution in [0.1, 0.15) is 46.0 Å². The summed E-state index contributed by atoms with van der Waals surface area (Å²) in [7, 11) is 0. The first-order valence-electron chi connectivity index (χ1n) is 9.54. The zero-order valence-electron chi connectivity index (χ0n) is 16.5. The molecule has 0 fully saturated rings. The largest absolute Gasteiger partial charge is 0.345 e. The van der Waals surface area contributed by atoms with Gasteiger partial charge in [0.15, 0.2) is 0 Å². The van der Waals surface area contributed by atoms with Crippen LogP contribution in [0.15, 0.2) is 48.5 Å². The molecule has 0 aliphatic carbocycles. The molecule has 0 saturated carbocycles. The lowest BCUT2D eigenvalue weighted by Gasteiger charge is -2.13. The molecule has 2 aromatic rings. The monoisotopic (exact) mass is 403 g/mol. The second-order valence-electron chi connectivity index (χ2n) is 6.75. The Morgan fingerprint density at radius 2 is 1.60 bits per heavy atom. The Kier molecular flexibility index (Phi) is 6.60. The molecule has 3 rings (SSSR count). The summed E-state index contributed by atoms with van der Waals surface area (Å²) in [6.07, 6.45) is 0.579. The van der Waals surface area contributed by atoms with E-state index in [0.29, 0.717) is 23.2 Å². The SMILES string of the molecule is CC(=O)Nc1ccc(C#CCNC(=O)CCCN2C(=O)c3ccccc3C2=O)cc1. The van der Waals surface area contributed by atoms with Crippen LogP contribution in [-0.2, 0) is 9.59 Å². The van der Waals surface area contributed by atoms with E-state index in [1.165, 1.54) is 11.8 Å². The highest BCUT2D eigenvalue weighted by Crippen LogP contribution is 2.22. The Morgan fingerprint density at radius 3 is 2.20 bits per heavy atom. The zero-order valence-corrected chi connectivity index (χ0v) is 16.5. The van der Waals surface area contributed by atoms with Gasteiger partial charge in [-0.05, 0) is 42.8 Å². The number of carbonyl (C=O) groups is 4. The summed E-state index contributed by atoms with van der Waals surface area (Å²) >= 11 is 0. The summed E-state index contributed by atoms with van der Waals surface area (Å²) in [6.45, 7) is 1.83. The molecule has 1 aliphatic rings. The van der Waals surface area contributed by atoms with E-state index in [4.69, 9.17) is 0 Å². The van der Waals surface area contributed by atoms with Gasteiger partial charge >= 0.3 is 0 Å². The third-order valence-electron chi connectivity index (χ3n) is 4.48. The molecule has 0 saturated heterocycles. The van der Waals surface area contributed by atoms with Crippen LogP contribution in [0.4, 0.5) is 5.69 Å². The third kappa shape index (κ3) is 5.11. The molecule has 4 amide bonds. The van der Waals surface area contributed by atoms with Crippen molar-refractivity contribution in [3.63, 3.8) is 0 Å². The average molecular weight is 403 g/mol. The van der Waals surface area contributed by atoms with Gasteiger partial charge in [-0.3, -0.25) is 24.1 Å². The number of hydrogen-bond acceptors (Lipinski definition) is 4. The van der Waals surface area contributed by atoms with Crippen molar-refractivity contribution in [3.05, 3.63) is 65.2 Å². The van der Waals surface area contributed by atoms with Crippen LogP contribution in [0.3, 0.4) is 0 Å². The fraction of sp³-hybridized carbons (Fsp3) is 0.217. The van der Waals surface area contributed by atoms with E-state index < -0.39 is 0 Å². The second kappa shape index (κ2) is 9.52. The number of carbonyl (C=O) groups excluding carboxylic acids is 4. The molecule has 2 N–H and O–H groups in total. The van der Waals surface area contributed by atoms with E-state index in [2.05, 4.69) is 22.5 Å². The summed E-state index contributed by atoms with van der Waals surface area (Å²) in [5.41, 5.74) is 2.28. The lowest BCUT2D eigenvalue weighted by Crippen LogP contribution is -2.32. The Hall–Kier alpha value is -3.92. The smallest absolute Gasteiger partial charge is 0.261 e. The molecule has 2 aromatic carbocycles. The van der Waals surface area contributed by atoms with Gasteiger partial charge in [-0.1, -0.05) is 24.0 Å². The summed E-state index contributed by atoms with van der Waals surface area (Å²) in [5.74, 6) is 4.83. The first-order chi connectivity index (χ1) is 14.5. The molecular formula is C23H21N3O4. The normalized spacial score (nSPS) is 12.1. The first kappa shape index (κ1) is 20.8. The van der Waals surface area contributed by atoms with E-state index >= 15 is 0 Å². The fourth-order valence-electron chi connectivity index (χ4n) is 3.06. The number of nitrogens with zero attached hydrogens (tertiary/aromatic N) is 1. The van der Waals surface area contributed by atoms with E-state index in [1.54, 1.807) is 48.5 Å². The van der Waals surface area contributed by atoms with Crippen LogP contribution < -0.4 is 10.6 Å². The molecule has 7 nitrogen and oxygen atoms in total. The maximum Gasteiger partial charge on any atom is 0.261 e. The van der Waals surface area contributed by atoms with Gasteiger partial charge in [0, 0.05) is 31.1 Å². The van der Waals surface area contributed by atoms with Crippen molar-refractivity contribution in [3.8, 4) is 11.8 Å². The molecule has 0 unspecified atom stereocenters. The number of anilines is 1. The maximum atomic E-state index is 12.3. The molecule has 0 spiro atoms. The van der Waals surface area contributed by atoms with Crippen LogP contribution in [0.25, 0.3) is 0 Å². The quantitative estimate of drug-likeness (QED) is 0.571. The van der Waals surface area contributed by atoms with Crippen LogP contribution in [0.5, 0.6) is 0 Å². The number of amides is 4. The van der Waals surface area contributed by atoms with E-state index in [9.17, 15) is 19.2 Å². The molecule has 1 aliphatic heterocycles. The fourth-order valence-corrected chi connectivity index (χ4v) is 3.06. The minimum atomic E-state index is -0.314. The van der Waals surface area contributed by atoms with Crippen molar-refractivity contribution in [2.24, 2.45) is 0 Å². The molecule has 0 bridgehead atoms. The number of fused-ring (bicyclic) bond motifs is 1. The molecule has 30 heavy (non-hydrogen) atoms. The van der Waals surface area contributed by atoms with Gasteiger partial charge < -0.3 is 10.6 Å². The lowest BCUT2D eigenvalue weighted by atomic mass is 10.1. The molecule has 0 atom stereocenters. The number of hydrogen-bond donors (Lipinski definition) is 2. The minimum Gasteiger partial charge on any atom is -0.345 e. The van der Waals surface area contributed by atoms with Gasteiger partial charge in [0.05, 0.1) is 17.7 Å². The molecular weight excluding hydrogens is 382 g/mol. The Balaban J connectivity index is 1.39. The highest BCUT2D eigenvalue weighted by Gasteiger charge is 2.34. The number of imide groups is 1. The summed E-state index contributed by atoms with van der Waals surface area (Å²) in [4.78, 5) is 48.7. The predicted octanol–water partition coefficient (Wildman–Crippen LogP) is 2.19. The Labute approximate surface area is 174 Å². The van der Waals surface area contributed by atoms with Gasteiger partial charge in [0.2, 0.25) is 11.8 Å². The summed E-state index contributed by atoms with van der Waals surface area (Å²) in [6, 6.07) is 13.8. The van der Waals surface area contributed by atoms with E-state index in [0.717, 1.165) is 5.56 Å². The van der Waals surface area contributed by atoms with Crippen molar-refractivity contribution >= 4 is 29.3 Å².